The number of rotatable bonds is 24. The quantitative estimate of drug-likeness (QED) is 0.162. The standard InChI is InChI=1S/C18H39NO9/c1-20-16-26-13-10-23-7-4-19(5-8-24-11-14-27-17-21-2)6-9-25-12-15-28-18-22-3/h4-18H2,1-3H3. The van der Waals surface area contributed by atoms with Crippen molar-refractivity contribution in [1.82, 2.24) is 4.90 Å². The minimum absolute atomic E-state index is 0.284. The van der Waals surface area contributed by atoms with Crippen LogP contribution >= 0.6 is 0 Å². The monoisotopic (exact) mass is 413 g/mol. The van der Waals surface area contributed by atoms with Crippen molar-refractivity contribution in [2.75, 3.05) is 121 Å². The van der Waals surface area contributed by atoms with E-state index in [-0.39, 0.29) is 20.4 Å². The van der Waals surface area contributed by atoms with Crippen LogP contribution < -0.4 is 0 Å². The number of hydrogen-bond acceptors (Lipinski definition) is 10. The second-order valence-electron chi connectivity index (χ2n) is 5.62. The maximum atomic E-state index is 5.58. The van der Waals surface area contributed by atoms with Gasteiger partial charge in [-0.2, -0.15) is 0 Å². The molecule has 0 bridgehead atoms. The summed E-state index contributed by atoms with van der Waals surface area (Å²) < 4.78 is 46.7. The van der Waals surface area contributed by atoms with E-state index in [9.17, 15) is 0 Å². The summed E-state index contributed by atoms with van der Waals surface area (Å²) in [5, 5.41) is 0. The molecular formula is C18H39NO9. The average Bonchev–Trinajstić information content (AvgIpc) is 2.71. The van der Waals surface area contributed by atoms with Crippen LogP contribution in [0.5, 0.6) is 0 Å². The van der Waals surface area contributed by atoms with Crippen molar-refractivity contribution in [2.24, 2.45) is 0 Å². The molecule has 0 unspecified atom stereocenters. The Labute approximate surface area is 169 Å². The second-order valence-corrected chi connectivity index (χ2v) is 5.62. The number of nitrogens with zero attached hydrogens (tertiary/aromatic N) is 1. The first-order chi connectivity index (χ1) is 13.8. The molecule has 0 heterocycles. The van der Waals surface area contributed by atoms with Gasteiger partial charge in [0.15, 0.2) is 0 Å². The fourth-order valence-corrected chi connectivity index (χ4v) is 2.00. The number of ether oxygens (including phenoxy) is 9. The van der Waals surface area contributed by atoms with Gasteiger partial charge >= 0.3 is 0 Å². The fraction of sp³-hybridized carbons (Fsp3) is 1.00. The van der Waals surface area contributed by atoms with Gasteiger partial charge in [-0.05, 0) is 0 Å². The van der Waals surface area contributed by atoms with Crippen molar-refractivity contribution < 1.29 is 42.6 Å². The molecule has 28 heavy (non-hydrogen) atoms. The van der Waals surface area contributed by atoms with Gasteiger partial charge in [0.1, 0.15) is 20.4 Å². The molecule has 0 aromatic carbocycles. The molecule has 10 nitrogen and oxygen atoms in total. The third kappa shape index (κ3) is 21.9. The molecular weight excluding hydrogens is 374 g/mol. The van der Waals surface area contributed by atoms with Gasteiger partial charge in [-0.15, -0.1) is 0 Å². The van der Waals surface area contributed by atoms with E-state index in [1.54, 1.807) is 21.3 Å². The van der Waals surface area contributed by atoms with Gasteiger partial charge in [0, 0.05) is 41.0 Å². The zero-order valence-electron chi connectivity index (χ0n) is 17.7. The van der Waals surface area contributed by atoms with E-state index in [0.717, 1.165) is 19.6 Å². The molecule has 0 aliphatic carbocycles. The fourth-order valence-electron chi connectivity index (χ4n) is 2.00. The van der Waals surface area contributed by atoms with Crippen LogP contribution in [0.2, 0.25) is 0 Å². The predicted molar refractivity (Wildman–Crippen MR) is 102 cm³/mol. The van der Waals surface area contributed by atoms with E-state index in [1.807, 2.05) is 0 Å². The van der Waals surface area contributed by atoms with E-state index >= 15 is 0 Å². The zero-order valence-corrected chi connectivity index (χ0v) is 17.7. The average molecular weight is 414 g/mol. The molecule has 0 aromatic rings. The lowest BCUT2D eigenvalue weighted by Gasteiger charge is -2.22. The molecule has 0 rings (SSSR count). The van der Waals surface area contributed by atoms with Crippen LogP contribution in [0.4, 0.5) is 0 Å². The van der Waals surface area contributed by atoms with Gasteiger partial charge in [0.25, 0.3) is 0 Å². The van der Waals surface area contributed by atoms with E-state index in [1.165, 1.54) is 0 Å². The molecule has 0 saturated heterocycles. The lowest BCUT2D eigenvalue weighted by molar-refractivity contribution is -0.0580. The molecule has 170 valence electrons. The Hall–Kier alpha value is -0.400. The Morgan fingerprint density at radius 1 is 0.393 bits per heavy atom. The molecule has 0 fully saturated rings. The predicted octanol–water partition coefficient (Wildman–Crippen LogP) is 0.200. The molecule has 0 amide bonds. The van der Waals surface area contributed by atoms with Gasteiger partial charge in [0.05, 0.1) is 59.5 Å². The van der Waals surface area contributed by atoms with Gasteiger partial charge in [0.2, 0.25) is 0 Å². The smallest absolute Gasteiger partial charge is 0.146 e. The topological polar surface area (TPSA) is 86.3 Å². The maximum Gasteiger partial charge on any atom is 0.146 e. The molecule has 0 spiro atoms. The van der Waals surface area contributed by atoms with Crippen LogP contribution in [0.15, 0.2) is 0 Å². The van der Waals surface area contributed by atoms with Crippen LogP contribution in [0, 0.1) is 0 Å². The molecule has 0 aliphatic rings. The third-order valence-electron chi connectivity index (χ3n) is 3.38. The van der Waals surface area contributed by atoms with Crippen molar-refractivity contribution in [2.45, 2.75) is 0 Å². The number of hydrogen-bond donors (Lipinski definition) is 0. The van der Waals surface area contributed by atoms with Gasteiger partial charge in [-0.25, -0.2) is 0 Å². The van der Waals surface area contributed by atoms with Crippen LogP contribution in [-0.2, 0) is 42.6 Å². The molecule has 0 aromatic heterocycles. The summed E-state index contributed by atoms with van der Waals surface area (Å²) in [6.45, 7) is 8.23. The molecule has 0 N–H and O–H groups in total. The van der Waals surface area contributed by atoms with Crippen LogP contribution in [0.25, 0.3) is 0 Å². The first-order valence-corrected chi connectivity index (χ1v) is 9.50. The van der Waals surface area contributed by atoms with E-state index in [4.69, 9.17) is 42.6 Å². The Morgan fingerprint density at radius 2 is 0.679 bits per heavy atom. The first kappa shape index (κ1) is 27.6. The Balaban J connectivity index is 3.80. The summed E-state index contributed by atoms with van der Waals surface area (Å²) in [6.07, 6.45) is 0. The molecule has 0 saturated carbocycles. The Bertz CT molecular complexity index is 245. The highest BCUT2D eigenvalue weighted by Crippen LogP contribution is 1.92. The lowest BCUT2D eigenvalue weighted by atomic mass is 10.4. The molecule has 0 atom stereocenters. The highest BCUT2D eigenvalue weighted by atomic mass is 16.7. The van der Waals surface area contributed by atoms with Crippen LogP contribution in [0.1, 0.15) is 0 Å². The van der Waals surface area contributed by atoms with Gasteiger partial charge in [-0.1, -0.05) is 0 Å². The third-order valence-corrected chi connectivity index (χ3v) is 3.38. The molecule has 0 radical (unpaired) electrons. The summed E-state index contributed by atoms with van der Waals surface area (Å²) in [4.78, 5) is 2.24. The first-order valence-electron chi connectivity index (χ1n) is 9.50. The van der Waals surface area contributed by atoms with Gasteiger partial charge < -0.3 is 42.6 Å². The van der Waals surface area contributed by atoms with E-state index in [2.05, 4.69) is 4.90 Å². The van der Waals surface area contributed by atoms with Crippen molar-refractivity contribution in [1.29, 1.82) is 0 Å². The highest BCUT2D eigenvalue weighted by Gasteiger charge is 2.05. The maximum absolute atomic E-state index is 5.58. The molecule has 0 aliphatic heterocycles. The zero-order chi connectivity index (χ0) is 20.5. The minimum atomic E-state index is 0.284. The molecule has 10 heteroatoms. The lowest BCUT2D eigenvalue weighted by Crippen LogP contribution is -2.34. The minimum Gasteiger partial charge on any atom is -0.378 e. The number of methoxy groups -OCH3 is 3. The SMILES string of the molecule is COCOCCOCCN(CCOCCOCOC)CCOCCOCOC. The summed E-state index contributed by atoms with van der Waals surface area (Å²) in [5.74, 6) is 0. The van der Waals surface area contributed by atoms with Gasteiger partial charge in [-0.3, -0.25) is 4.90 Å². The summed E-state index contributed by atoms with van der Waals surface area (Å²) in [7, 11) is 4.78. The van der Waals surface area contributed by atoms with Crippen LogP contribution in [-0.4, -0.2) is 126 Å². The van der Waals surface area contributed by atoms with Crippen molar-refractivity contribution in [3.63, 3.8) is 0 Å². The van der Waals surface area contributed by atoms with E-state index in [0.29, 0.717) is 59.5 Å². The van der Waals surface area contributed by atoms with Crippen molar-refractivity contribution >= 4 is 0 Å². The van der Waals surface area contributed by atoms with E-state index < -0.39 is 0 Å². The normalized spacial score (nSPS) is 11.6. The Kier molecular flexibility index (Phi) is 24.3. The summed E-state index contributed by atoms with van der Waals surface area (Å²) in [5.41, 5.74) is 0. The largest absolute Gasteiger partial charge is 0.378 e. The second kappa shape index (κ2) is 24.6. The highest BCUT2D eigenvalue weighted by molar-refractivity contribution is 4.57. The van der Waals surface area contributed by atoms with Crippen molar-refractivity contribution in [3.8, 4) is 0 Å². The summed E-state index contributed by atoms with van der Waals surface area (Å²) >= 11 is 0. The van der Waals surface area contributed by atoms with Crippen LogP contribution in [0.3, 0.4) is 0 Å². The van der Waals surface area contributed by atoms with Crippen molar-refractivity contribution in [3.05, 3.63) is 0 Å². The summed E-state index contributed by atoms with van der Waals surface area (Å²) in [6, 6.07) is 0. The Morgan fingerprint density at radius 3 is 0.964 bits per heavy atom.